The van der Waals surface area contributed by atoms with Crippen LogP contribution in [0, 0.1) is 11.3 Å². The summed E-state index contributed by atoms with van der Waals surface area (Å²) < 4.78 is 4.91. The van der Waals surface area contributed by atoms with Crippen molar-refractivity contribution in [3.63, 3.8) is 0 Å². The standard InChI is InChI=1S/C15H15N3O2S/c1-3-20-14(19)8-12-10-21-15(17-12)18(2)13-6-4-5-11(7-13)9-16/h4-7,10H,3,8H2,1-2H3. The lowest BCUT2D eigenvalue weighted by Gasteiger charge is -2.15. The lowest BCUT2D eigenvalue weighted by molar-refractivity contribution is -0.142. The summed E-state index contributed by atoms with van der Waals surface area (Å²) in [5.41, 5.74) is 2.17. The molecule has 108 valence electrons. The molecule has 6 heteroatoms. The van der Waals surface area contributed by atoms with E-state index >= 15 is 0 Å². The van der Waals surface area contributed by atoms with Gasteiger partial charge in [-0.2, -0.15) is 5.26 Å². The Hall–Kier alpha value is -2.39. The molecule has 1 heterocycles. The van der Waals surface area contributed by atoms with Crippen molar-refractivity contribution < 1.29 is 9.53 Å². The number of carbonyl (C=O) groups is 1. The van der Waals surface area contributed by atoms with Gasteiger partial charge in [0, 0.05) is 18.1 Å². The molecule has 0 aliphatic heterocycles. The smallest absolute Gasteiger partial charge is 0.311 e. The zero-order valence-corrected chi connectivity index (χ0v) is 12.7. The highest BCUT2D eigenvalue weighted by Crippen LogP contribution is 2.27. The molecule has 0 bridgehead atoms. The van der Waals surface area contributed by atoms with Crippen molar-refractivity contribution in [2.24, 2.45) is 0 Å². The van der Waals surface area contributed by atoms with E-state index in [1.165, 1.54) is 11.3 Å². The number of nitrogens with zero attached hydrogens (tertiary/aromatic N) is 3. The van der Waals surface area contributed by atoms with Crippen LogP contribution in [-0.4, -0.2) is 24.6 Å². The van der Waals surface area contributed by atoms with Gasteiger partial charge in [-0.25, -0.2) is 4.98 Å². The second-order valence-electron chi connectivity index (χ2n) is 4.32. The first kappa shape index (κ1) is 15.0. The van der Waals surface area contributed by atoms with Crippen LogP contribution in [0.25, 0.3) is 0 Å². The molecule has 0 saturated heterocycles. The normalized spacial score (nSPS) is 9.95. The molecule has 0 amide bonds. The van der Waals surface area contributed by atoms with Crippen molar-refractivity contribution >= 4 is 28.1 Å². The fourth-order valence-corrected chi connectivity index (χ4v) is 2.60. The van der Waals surface area contributed by atoms with Gasteiger partial charge < -0.3 is 9.64 Å². The van der Waals surface area contributed by atoms with Gasteiger partial charge in [-0.05, 0) is 25.1 Å². The summed E-state index contributed by atoms with van der Waals surface area (Å²) in [5, 5.41) is 11.5. The number of ether oxygens (including phenoxy) is 1. The molecule has 5 nitrogen and oxygen atoms in total. The fraction of sp³-hybridized carbons (Fsp3) is 0.267. The molecule has 2 aromatic rings. The zero-order chi connectivity index (χ0) is 15.2. The molecule has 21 heavy (non-hydrogen) atoms. The minimum atomic E-state index is -0.275. The Morgan fingerprint density at radius 2 is 2.33 bits per heavy atom. The van der Waals surface area contributed by atoms with Crippen LogP contribution in [0.4, 0.5) is 10.8 Å². The summed E-state index contributed by atoms with van der Waals surface area (Å²) in [6.45, 7) is 2.15. The monoisotopic (exact) mass is 301 g/mol. The van der Waals surface area contributed by atoms with Crippen molar-refractivity contribution in [3.8, 4) is 6.07 Å². The van der Waals surface area contributed by atoms with Crippen molar-refractivity contribution in [1.29, 1.82) is 5.26 Å². The molecular weight excluding hydrogens is 286 g/mol. The first-order valence-corrected chi connectivity index (χ1v) is 7.36. The van der Waals surface area contributed by atoms with Crippen LogP contribution in [0.5, 0.6) is 0 Å². The van der Waals surface area contributed by atoms with Crippen LogP contribution in [0.15, 0.2) is 29.6 Å². The minimum absolute atomic E-state index is 0.177. The predicted molar refractivity (Wildman–Crippen MR) is 81.7 cm³/mol. The minimum Gasteiger partial charge on any atom is -0.466 e. The Kier molecular flexibility index (Phi) is 4.90. The number of carbonyl (C=O) groups excluding carboxylic acids is 1. The maximum Gasteiger partial charge on any atom is 0.311 e. The van der Waals surface area contributed by atoms with Crippen LogP contribution in [0.1, 0.15) is 18.2 Å². The molecule has 0 atom stereocenters. The summed E-state index contributed by atoms with van der Waals surface area (Å²) in [5.74, 6) is -0.275. The number of hydrogen-bond donors (Lipinski definition) is 0. The lowest BCUT2D eigenvalue weighted by Crippen LogP contribution is -2.10. The van der Waals surface area contributed by atoms with E-state index in [4.69, 9.17) is 10.00 Å². The highest BCUT2D eigenvalue weighted by molar-refractivity contribution is 7.13. The van der Waals surface area contributed by atoms with Crippen LogP contribution in [0.3, 0.4) is 0 Å². The Labute approximate surface area is 127 Å². The van der Waals surface area contributed by atoms with E-state index in [9.17, 15) is 4.79 Å². The number of thiazole rings is 1. The average molecular weight is 301 g/mol. The molecular formula is C15H15N3O2S. The Balaban J connectivity index is 2.13. The van der Waals surface area contributed by atoms with E-state index in [1.54, 1.807) is 19.1 Å². The topological polar surface area (TPSA) is 66.2 Å². The SMILES string of the molecule is CCOC(=O)Cc1csc(N(C)c2cccc(C#N)c2)n1. The van der Waals surface area contributed by atoms with Gasteiger partial charge in [0.25, 0.3) is 0 Å². The highest BCUT2D eigenvalue weighted by Gasteiger charge is 2.12. The summed E-state index contributed by atoms with van der Waals surface area (Å²) in [4.78, 5) is 17.8. The molecule has 0 unspecified atom stereocenters. The lowest BCUT2D eigenvalue weighted by atomic mass is 10.2. The van der Waals surface area contributed by atoms with Gasteiger partial charge in [0.15, 0.2) is 5.13 Å². The molecule has 0 fully saturated rings. The van der Waals surface area contributed by atoms with Crippen molar-refractivity contribution in [3.05, 3.63) is 40.9 Å². The fourth-order valence-electron chi connectivity index (χ4n) is 1.79. The zero-order valence-electron chi connectivity index (χ0n) is 11.9. The molecule has 0 aliphatic rings. The molecule has 0 saturated carbocycles. The van der Waals surface area contributed by atoms with E-state index in [0.717, 1.165) is 10.8 Å². The van der Waals surface area contributed by atoms with Crippen LogP contribution in [-0.2, 0) is 16.0 Å². The van der Waals surface area contributed by atoms with Crippen LogP contribution in [0.2, 0.25) is 0 Å². The van der Waals surface area contributed by atoms with Gasteiger partial charge in [0.1, 0.15) is 0 Å². The van der Waals surface area contributed by atoms with Crippen LogP contribution >= 0.6 is 11.3 Å². The molecule has 0 N–H and O–H groups in total. The van der Waals surface area contributed by atoms with E-state index in [-0.39, 0.29) is 12.4 Å². The number of benzene rings is 1. The second kappa shape index (κ2) is 6.86. The van der Waals surface area contributed by atoms with E-state index < -0.39 is 0 Å². The second-order valence-corrected chi connectivity index (χ2v) is 5.16. The van der Waals surface area contributed by atoms with E-state index in [0.29, 0.717) is 17.9 Å². The Bertz CT molecular complexity index is 676. The predicted octanol–water partition coefficient (Wildman–Crippen LogP) is 2.89. The molecule has 0 radical (unpaired) electrons. The van der Waals surface area contributed by atoms with Gasteiger partial charge in [-0.15, -0.1) is 11.3 Å². The van der Waals surface area contributed by atoms with Gasteiger partial charge in [-0.3, -0.25) is 4.79 Å². The molecule has 1 aromatic carbocycles. The van der Waals surface area contributed by atoms with Gasteiger partial charge in [-0.1, -0.05) is 6.07 Å². The van der Waals surface area contributed by atoms with Crippen LogP contribution < -0.4 is 4.90 Å². The largest absolute Gasteiger partial charge is 0.466 e. The summed E-state index contributed by atoms with van der Waals surface area (Å²) >= 11 is 1.45. The Morgan fingerprint density at radius 3 is 3.05 bits per heavy atom. The number of esters is 1. The molecule has 2 rings (SSSR count). The number of hydrogen-bond acceptors (Lipinski definition) is 6. The molecule has 0 spiro atoms. The summed E-state index contributed by atoms with van der Waals surface area (Å²) in [6.07, 6.45) is 0.177. The van der Waals surface area contributed by atoms with Gasteiger partial charge in [0.2, 0.25) is 0 Å². The molecule has 1 aromatic heterocycles. The van der Waals surface area contributed by atoms with Crippen molar-refractivity contribution in [1.82, 2.24) is 4.98 Å². The number of aromatic nitrogens is 1. The first-order valence-electron chi connectivity index (χ1n) is 6.48. The number of rotatable bonds is 5. The highest BCUT2D eigenvalue weighted by atomic mass is 32.1. The summed E-state index contributed by atoms with van der Waals surface area (Å²) in [7, 11) is 1.88. The summed E-state index contributed by atoms with van der Waals surface area (Å²) in [6, 6.07) is 9.41. The Morgan fingerprint density at radius 1 is 1.52 bits per heavy atom. The third kappa shape index (κ3) is 3.80. The quantitative estimate of drug-likeness (QED) is 0.794. The third-order valence-corrected chi connectivity index (χ3v) is 3.79. The van der Waals surface area contributed by atoms with Crippen molar-refractivity contribution in [2.75, 3.05) is 18.6 Å². The molecule has 0 aliphatic carbocycles. The van der Waals surface area contributed by atoms with Gasteiger partial charge in [0.05, 0.1) is 30.4 Å². The van der Waals surface area contributed by atoms with E-state index in [2.05, 4.69) is 11.1 Å². The van der Waals surface area contributed by atoms with Gasteiger partial charge >= 0.3 is 5.97 Å². The van der Waals surface area contributed by atoms with Crippen molar-refractivity contribution in [2.45, 2.75) is 13.3 Å². The number of nitriles is 1. The first-order chi connectivity index (χ1) is 10.1. The maximum atomic E-state index is 11.4. The van der Waals surface area contributed by atoms with E-state index in [1.807, 2.05) is 29.5 Å². The third-order valence-electron chi connectivity index (χ3n) is 2.82. The number of anilines is 2. The maximum absolute atomic E-state index is 11.4. The average Bonchev–Trinajstić information content (AvgIpc) is 2.95.